The fraction of sp³-hybridized carbons (Fsp3) is 0.294. The maximum absolute atomic E-state index is 13.9. The summed E-state index contributed by atoms with van der Waals surface area (Å²) in [5.41, 5.74) is 3.54. The van der Waals surface area contributed by atoms with Crippen molar-refractivity contribution in [2.75, 3.05) is 11.9 Å². The minimum atomic E-state index is -0.204. The summed E-state index contributed by atoms with van der Waals surface area (Å²) >= 11 is 0. The van der Waals surface area contributed by atoms with Crippen molar-refractivity contribution in [2.45, 2.75) is 26.5 Å². The summed E-state index contributed by atoms with van der Waals surface area (Å²) in [6, 6.07) is 12.6. The lowest BCUT2D eigenvalue weighted by molar-refractivity contribution is 0.282. The van der Waals surface area contributed by atoms with Crippen molar-refractivity contribution in [1.29, 1.82) is 0 Å². The first-order chi connectivity index (χ1) is 9.54. The molecule has 2 aromatic rings. The van der Waals surface area contributed by atoms with Crippen LogP contribution in [0.3, 0.4) is 0 Å². The molecule has 3 heteroatoms. The van der Waals surface area contributed by atoms with Crippen LogP contribution < -0.4 is 4.90 Å². The Balaban J connectivity index is 2.36. The number of aliphatic hydroxyl groups is 1. The second-order valence-electron chi connectivity index (χ2n) is 5.10. The Morgan fingerprint density at radius 1 is 1.20 bits per heavy atom. The van der Waals surface area contributed by atoms with Gasteiger partial charge in [0.2, 0.25) is 0 Å². The average Bonchev–Trinajstić information content (AvgIpc) is 2.46. The van der Waals surface area contributed by atoms with E-state index in [1.807, 2.05) is 50.1 Å². The van der Waals surface area contributed by atoms with Crippen LogP contribution in [-0.4, -0.2) is 12.2 Å². The third kappa shape index (κ3) is 2.83. The van der Waals surface area contributed by atoms with Crippen molar-refractivity contribution in [3.8, 4) is 0 Å². The molecule has 0 aliphatic rings. The van der Waals surface area contributed by atoms with Crippen LogP contribution in [0.25, 0.3) is 0 Å². The van der Waals surface area contributed by atoms with E-state index in [1.54, 1.807) is 12.1 Å². The Morgan fingerprint density at radius 3 is 2.55 bits per heavy atom. The summed E-state index contributed by atoms with van der Waals surface area (Å²) < 4.78 is 13.9. The van der Waals surface area contributed by atoms with Crippen LogP contribution in [-0.2, 0) is 6.61 Å². The predicted molar refractivity (Wildman–Crippen MR) is 80.3 cm³/mol. The fourth-order valence-corrected chi connectivity index (χ4v) is 2.42. The lowest BCUT2D eigenvalue weighted by Gasteiger charge is -2.29. The molecule has 2 nitrogen and oxygen atoms in total. The number of aliphatic hydroxyl groups excluding tert-OH is 1. The maximum Gasteiger partial charge on any atom is 0.128 e. The van der Waals surface area contributed by atoms with Gasteiger partial charge in [0.05, 0.1) is 12.6 Å². The van der Waals surface area contributed by atoms with Gasteiger partial charge >= 0.3 is 0 Å². The molecule has 0 aliphatic carbocycles. The van der Waals surface area contributed by atoms with Crippen LogP contribution >= 0.6 is 0 Å². The van der Waals surface area contributed by atoms with E-state index in [0.717, 1.165) is 16.8 Å². The average molecular weight is 273 g/mol. The lowest BCUT2D eigenvalue weighted by Crippen LogP contribution is -2.23. The molecule has 0 bridgehead atoms. The van der Waals surface area contributed by atoms with Gasteiger partial charge in [0.15, 0.2) is 0 Å². The first kappa shape index (κ1) is 14.5. The number of anilines is 1. The molecule has 1 N–H and O–H groups in total. The van der Waals surface area contributed by atoms with Crippen molar-refractivity contribution in [2.24, 2.45) is 0 Å². The van der Waals surface area contributed by atoms with Gasteiger partial charge in [-0.05, 0) is 26.0 Å². The summed E-state index contributed by atoms with van der Waals surface area (Å²) in [6.07, 6.45) is 0. The minimum absolute atomic E-state index is 0.0225. The largest absolute Gasteiger partial charge is 0.392 e. The van der Waals surface area contributed by atoms with E-state index in [9.17, 15) is 9.50 Å². The SMILES string of the molecule is Cc1ccc(N(C)C(C)c2ccccc2F)c(CO)c1. The van der Waals surface area contributed by atoms with E-state index in [-0.39, 0.29) is 18.5 Å². The molecule has 106 valence electrons. The zero-order chi connectivity index (χ0) is 14.7. The summed E-state index contributed by atoms with van der Waals surface area (Å²) in [7, 11) is 1.92. The van der Waals surface area contributed by atoms with Gasteiger partial charge in [0.1, 0.15) is 5.82 Å². The van der Waals surface area contributed by atoms with Crippen LogP contribution in [0.15, 0.2) is 42.5 Å². The molecule has 0 amide bonds. The van der Waals surface area contributed by atoms with Crippen molar-refractivity contribution >= 4 is 5.69 Å². The predicted octanol–water partition coefficient (Wildman–Crippen LogP) is 3.82. The van der Waals surface area contributed by atoms with E-state index in [4.69, 9.17) is 0 Å². The Labute approximate surface area is 119 Å². The van der Waals surface area contributed by atoms with Crippen molar-refractivity contribution in [1.82, 2.24) is 0 Å². The molecule has 0 radical (unpaired) electrons. The van der Waals surface area contributed by atoms with Crippen molar-refractivity contribution in [3.63, 3.8) is 0 Å². The van der Waals surface area contributed by atoms with Crippen molar-refractivity contribution in [3.05, 3.63) is 65.0 Å². The third-order valence-corrected chi connectivity index (χ3v) is 3.72. The van der Waals surface area contributed by atoms with Gasteiger partial charge in [-0.25, -0.2) is 4.39 Å². The molecule has 0 spiro atoms. The van der Waals surface area contributed by atoms with Gasteiger partial charge in [-0.2, -0.15) is 0 Å². The number of aryl methyl sites for hydroxylation is 1. The summed E-state index contributed by atoms with van der Waals surface area (Å²) in [5, 5.41) is 9.50. The highest BCUT2D eigenvalue weighted by Crippen LogP contribution is 2.30. The molecule has 20 heavy (non-hydrogen) atoms. The first-order valence-electron chi connectivity index (χ1n) is 6.72. The van der Waals surface area contributed by atoms with Gasteiger partial charge in [-0.15, -0.1) is 0 Å². The molecule has 2 rings (SSSR count). The molecule has 1 atom stereocenters. The number of rotatable bonds is 4. The molecule has 0 aromatic heterocycles. The van der Waals surface area contributed by atoms with Gasteiger partial charge in [-0.1, -0.05) is 35.9 Å². The quantitative estimate of drug-likeness (QED) is 0.915. The van der Waals surface area contributed by atoms with Gasteiger partial charge in [-0.3, -0.25) is 0 Å². The van der Waals surface area contributed by atoms with Crippen molar-refractivity contribution < 1.29 is 9.50 Å². The van der Waals surface area contributed by atoms with Gasteiger partial charge < -0.3 is 10.0 Å². The summed E-state index contributed by atoms with van der Waals surface area (Å²) in [5.74, 6) is -0.204. The molecule has 0 fully saturated rings. The molecule has 0 aliphatic heterocycles. The van der Waals surface area contributed by atoms with Crippen LogP contribution in [0, 0.1) is 12.7 Å². The van der Waals surface area contributed by atoms with Crippen LogP contribution in [0.4, 0.5) is 10.1 Å². The van der Waals surface area contributed by atoms with Crippen LogP contribution in [0.5, 0.6) is 0 Å². The lowest BCUT2D eigenvalue weighted by atomic mass is 10.0. The molecule has 2 aromatic carbocycles. The monoisotopic (exact) mass is 273 g/mol. The summed E-state index contributed by atoms with van der Waals surface area (Å²) in [4.78, 5) is 1.99. The third-order valence-electron chi connectivity index (χ3n) is 3.72. The van der Waals surface area contributed by atoms with Crippen LogP contribution in [0.1, 0.15) is 29.7 Å². The van der Waals surface area contributed by atoms with Crippen LogP contribution in [0.2, 0.25) is 0 Å². The highest BCUT2D eigenvalue weighted by atomic mass is 19.1. The zero-order valence-electron chi connectivity index (χ0n) is 12.1. The molecule has 1 unspecified atom stereocenters. The highest BCUT2D eigenvalue weighted by Gasteiger charge is 2.17. The number of nitrogens with zero attached hydrogens (tertiary/aromatic N) is 1. The van der Waals surface area contributed by atoms with E-state index < -0.39 is 0 Å². The number of benzene rings is 2. The fourth-order valence-electron chi connectivity index (χ4n) is 2.42. The topological polar surface area (TPSA) is 23.5 Å². The molecule has 0 heterocycles. The zero-order valence-corrected chi connectivity index (χ0v) is 12.1. The van der Waals surface area contributed by atoms with E-state index >= 15 is 0 Å². The maximum atomic E-state index is 13.9. The number of hydrogen-bond donors (Lipinski definition) is 1. The molecule has 0 saturated heterocycles. The Hall–Kier alpha value is -1.87. The number of hydrogen-bond acceptors (Lipinski definition) is 2. The molecular weight excluding hydrogens is 253 g/mol. The first-order valence-corrected chi connectivity index (χ1v) is 6.72. The molecule has 0 saturated carbocycles. The number of halogens is 1. The van der Waals surface area contributed by atoms with E-state index in [2.05, 4.69) is 0 Å². The second-order valence-corrected chi connectivity index (χ2v) is 5.10. The Morgan fingerprint density at radius 2 is 1.90 bits per heavy atom. The van der Waals surface area contributed by atoms with E-state index in [0.29, 0.717) is 5.56 Å². The normalized spacial score (nSPS) is 12.2. The van der Waals surface area contributed by atoms with Gasteiger partial charge in [0.25, 0.3) is 0 Å². The minimum Gasteiger partial charge on any atom is -0.392 e. The second kappa shape index (κ2) is 6.06. The highest BCUT2D eigenvalue weighted by molar-refractivity contribution is 5.55. The Kier molecular flexibility index (Phi) is 4.40. The Bertz CT molecular complexity index is 597. The standard InChI is InChI=1S/C17H20FNO/c1-12-8-9-17(14(10-12)11-20)19(3)13(2)15-6-4-5-7-16(15)18/h4-10,13,20H,11H2,1-3H3. The molecular formula is C17H20FNO. The summed E-state index contributed by atoms with van der Waals surface area (Å²) in [6.45, 7) is 3.92. The van der Waals surface area contributed by atoms with E-state index in [1.165, 1.54) is 6.07 Å². The van der Waals surface area contributed by atoms with Gasteiger partial charge in [0, 0.05) is 23.9 Å². The smallest absolute Gasteiger partial charge is 0.128 e.